The van der Waals surface area contributed by atoms with E-state index in [4.69, 9.17) is 11.6 Å². The summed E-state index contributed by atoms with van der Waals surface area (Å²) in [7, 11) is 0. The Kier molecular flexibility index (Phi) is 5.85. The number of H-pyrrole nitrogens is 1. The summed E-state index contributed by atoms with van der Waals surface area (Å²) in [5, 5.41) is 9.15. The first-order valence-electron chi connectivity index (χ1n) is 5.17. The zero-order valence-electron chi connectivity index (χ0n) is 8.63. The molecule has 0 aliphatic heterocycles. The number of unbranched alkanes of at least 4 members (excludes halogenated alkanes) is 3. The number of alkyl halides is 1. The molecule has 0 aromatic carbocycles. The Morgan fingerprint density at radius 2 is 2.20 bits per heavy atom. The predicted molar refractivity (Wildman–Crippen MR) is 60.1 cm³/mol. The van der Waals surface area contributed by atoms with E-state index < -0.39 is 0 Å². The van der Waals surface area contributed by atoms with E-state index in [1.807, 2.05) is 0 Å². The van der Waals surface area contributed by atoms with E-state index in [9.17, 15) is 4.79 Å². The minimum atomic E-state index is -0.0684. The van der Waals surface area contributed by atoms with Gasteiger partial charge in [-0.05, 0) is 12.8 Å². The van der Waals surface area contributed by atoms with Crippen LogP contribution in [-0.2, 0) is 0 Å². The number of aromatic amines is 1. The average Bonchev–Trinajstić information content (AvgIpc) is 2.76. The molecule has 0 radical (unpaired) electrons. The van der Waals surface area contributed by atoms with E-state index in [-0.39, 0.29) is 5.91 Å². The smallest absolute Gasteiger partial charge is 0.254 e. The SMILES string of the molecule is O=C(NCCCCCCCl)c1cn[nH]c1. The van der Waals surface area contributed by atoms with Crippen molar-refractivity contribution >= 4 is 17.5 Å². The van der Waals surface area contributed by atoms with Crippen LogP contribution in [0, 0.1) is 0 Å². The number of hydrogen-bond donors (Lipinski definition) is 2. The van der Waals surface area contributed by atoms with Gasteiger partial charge in [-0.2, -0.15) is 5.10 Å². The van der Waals surface area contributed by atoms with Gasteiger partial charge in [0.25, 0.3) is 5.91 Å². The Labute approximate surface area is 94.4 Å². The molecule has 2 N–H and O–H groups in total. The molecule has 4 nitrogen and oxygen atoms in total. The summed E-state index contributed by atoms with van der Waals surface area (Å²) >= 11 is 5.55. The van der Waals surface area contributed by atoms with Gasteiger partial charge >= 0.3 is 0 Å². The van der Waals surface area contributed by atoms with Crippen LogP contribution in [0.3, 0.4) is 0 Å². The molecular formula is C10H16ClN3O. The minimum Gasteiger partial charge on any atom is -0.352 e. The van der Waals surface area contributed by atoms with E-state index in [0.29, 0.717) is 12.1 Å². The number of rotatable bonds is 7. The summed E-state index contributed by atoms with van der Waals surface area (Å²) in [5.74, 6) is 0.655. The van der Waals surface area contributed by atoms with Gasteiger partial charge in [-0.3, -0.25) is 9.89 Å². The molecule has 0 fully saturated rings. The molecule has 84 valence electrons. The lowest BCUT2D eigenvalue weighted by molar-refractivity contribution is 0.0953. The number of aromatic nitrogens is 2. The van der Waals surface area contributed by atoms with Crippen molar-refractivity contribution in [2.24, 2.45) is 0 Å². The molecule has 0 unspecified atom stereocenters. The summed E-state index contributed by atoms with van der Waals surface area (Å²) < 4.78 is 0. The molecule has 1 aromatic rings. The fraction of sp³-hybridized carbons (Fsp3) is 0.600. The van der Waals surface area contributed by atoms with E-state index in [1.165, 1.54) is 6.20 Å². The van der Waals surface area contributed by atoms with Crippen LogP contribution in [0.1, 0.15) is 36.0 Å². The van der Waals surface area contributed by atoms with Crippen molar-refractivity contribution < 1.29 is 4.79 Å². The molecule has 0 saturated carbocycles. The lowest BCUT2D eigenvalue weighted by Gasteiger charge is -2.02. The van der Waals surface area contributed by atoms with Crippen molar-refractivity contribution in [2.75, 3.05) is 12.4 Å². The van der Waals surface area contributed by atoms with E-state index >= 15 is 0 Å². The third-order valence-electron chi connectivity index (χ3n) is 2.11. The molecular weight excluding hydrogens is 214 g/mol. The van der Waals surface area contributed by atoms with Gasteiger partial charge in [-0.1, -0.05) is 12.8 Å². The van der Waals surface area contributed by atoms with Crippen molar-refractivity contribution in [1.82, 2.24) is 15.5 Å². The summed E-state index contributed by atoms with van der Waals surface area (Å²) in [6.07, 6.45) is 7.40. The third-order valence-corrected chi connectivity index (χ3v) is 2.37. The molecule has 1 rings (SSSR count). The van der Waals surface area contributed by atoms with E-state index in [1.54, 1.807) is 6.20 Å². The summed E-state index contributed by atoms with van der Waals surface area (Å²) in [4.78, 5) is 11.4. The number of carbonyl (C=O) groups excluding carboxylic acids is 1. The molecule has 0 saturated heterocycles. The average molecular weight is 230 g/mol. The van der Waals surface area contributed by atoms with Crippen LogP contribution in [0.25, 0.3) is 0 Å². The van der Waals surface area contributed by atoms with Crippen molar-refractivity contribution in [3.63, 3.8) is 0 Å². The van der Waals surface area contributed by atoms with Crippen molar-refractivity contribution in [2.45, 2.75) is 25.7 Å². The highest BCUT2D eigenvalue weighted by molar-refractivity contribution is 6.17. The largest absolute Gasteiger partial charge is 0.352 e. The highest BCUT2D eigenvalue weighted by atomic mass is 35.5. The zero-order valence-corrected chi connectivity index (χ0v) is 9.39. The number of nitrogens with zero attached hydrogens (tertiary/aromatic N) is 1. The number of hydrogen-bond acceptors (Lipinski definition) is 2. The predicted octanol–water partition coefficient (Wildman–Crippen LogP) is 1.94. The Morgan fingerprint density at radius 1 is 1.40 bits per heavy atom. The third kappa shape index (κ3) is 4.83. The van der Waals surface area contributed by atoms with Gasteiger partial charge in [0, 0.05) is 18.6 Å². The molecule has 15 heavy (non-hydrogen) atoms. The molecule has 0 atom stereocenters. The van der Waals surface area contributed by atoms with Crippen LogP contribution < -0.4 is 5.32 Å². The molecule has 0 bridgehead atoms. The van der Waals surface area contributed by atoms with E-state index in [2.05, 4.69) is 15.5 Å². The Balaban J connectivity index is 2.03. The minimum absolute atomic E-state index is 0.0684. The maximum Gasteiger partial charge on any atom is 0.254 e. The van der Waals surface area contributed by atoms with Crippen molar-refractivity contribution in [3.05, 3.63) is 18.0 Å². The second kappa shape index (κ2) is 7.29. The van der Waals surface area contributed by atoms with Gasteiger partial charge in [-0.25, -0.2) is 0 Å². The quantitative estimate of drug-likeness (QED) is 0.555. The first kappa shape index (κ1) is 12.0. The van der Waals surface area contributed by atoms with Gasteiger partial charge in [0.15, 0.2) is 0 Å². The maximum absolute atomic E-state index is 11.4. The van der Waals surface area contributed by atoms with Crippen molar-refractivity contribution in [3.8, 4) is 0 Å². The molecule has 0 spiro atoms. The van der Waals surface area contributed by atoms with E-state index in [0.717, 1.165) is 31.6 Å². The summed E-state index contributed by atoms with van der Waals surface area (Å²) in [6, 6.07) is 0. The summed E-state index contributed by atoms with van der Waals surface area (Å²) in [5.41, 5.74) is 0.579. The molecule has 1 aromatic heterocycles. The first-order chi connectivity index (χ1) is 7.34. The zero-order chi connectivity index (χ0) is 10.9. The summed E-state index contributed by atoms with van der Waals surface area (Å²) in [6.45, 7) is 0.715. The number of halogens is 1. The standard InChI is InChI=1S/C10H16ClN3O/c11-5-3-1-2-4-6-12-10(15)9-7-13-14-8-9/h7-8H,1-6H2,(H,12,15)(H,13,14). The molecule has 5 heteroatoms. The second-order valence-electron chi connectivity index (χ2n) is 3.35. The first-order valence-corrected chi connectivity index (χ1v) is 5.71. The monoisotopic (exact) mass is 229 g/mol. The lowest BCUT2D eigenvalue weighted by atomic mass is 10.2. The molecule has 1 heterocycles. The Hall–Kier alpha value is -1.03. The molecule has 0 aliphatic rings. The highest BCUT2D eigenvalue weighted by Crippen LogP contribution is 2.00. The fourth-order valence-electron chi connectivity index (χ4n) is 1.25. The van der Waals surface area contributed by atoms with Gasteiger partial charge in [0.1, 0.15) is 0 Å². The van der Waals surface area contributed by atoms with Gasteiger partial charge in [-0.15, -0.1) is 11.6 Å². The van der Waals surface area contributed by atoms with Crippen LogP contribution in [0.5, 0.6) is 0 Å². The molecule has 0 aliphatic carbocycles. The normalized spacial score (nSPS) is 10.2. The van der Waals surface area contributed by atoms with Crippen molar-refractivity contribution in [1.29, 1.82) is 0 Å². The lowest BCUT2D eigenvalue weighted by Crippen LogP contribution is -2.23. The molecule has 1 amide bonds. The van der Waals surface area contributed by atoms with Crippen LogP contribution in [-0.4, -0.2) is 28.5 Å². The van der Waals surface area contributed by atoms with Crippen LogP contribution in [0.4, 0.5) is 0 Å². The number of nitrogens with one attached hydrogen (secondary N) is 2. The van der Waals surface area contributed by atoms with Gasteiger partial charge in [0.05, 0.1) is 11.8 Å². The van der Waals surface area contributed by atoms with Crippen LogP contribution in [0.15, 0.2) is 12.4 Å². The Morgan fingerprint density at radius 3 is 2.87 bits per heavy atom. The maximum atomic E-state index is 11.4. The Bertz CT molecular complexity index is 274. The van der Waals surface area contributed by atoms with Crippen LogP contribution >= 0.6 is 11.6 Å². The topological polar surface area (TPSA) is 57.8 Å². The van der Waals surface area contributed by atoms with Gasteiger partial charge < -0.3 is 5.32 Å². The number of carbonyl (C=O) groups is 1. The van der Waals surface area contributed by atoms with Gasteiger partial charge in [0.2, 0.25) is 0 Å². The second-order valence-corrected chi connectivity index (χ2v) is 3.72. The fourth-order valence-corrected chi connectivity index (χ4v) is 1.44. The number of amides is 1. The van der Waals surface area contributed by atoms with Crippen LogP contribution in [0.2, 0.25) is 0 Å². The highest BCUT2D eigenvalue weighted by Gasteiger charge is 2.04.